The highest BCUT2D eigenvalue weighted by molar-refractivity contribution is 7.86. The molecule has 18 heavy (non-hydrogen) atoms. The van der Waals surface area contributed by atoms with Crippen LogP contribution in [-0.4, -0.2) is 14.0 Å². The zero-order valence-electron chi connectivity index (χ0n) is 10.8. The molecule has 1 atom stereocenters. The van der Waals surface area contributed by atoms with Gasteiger partial charge in [-0.2, -0.15) is 5.10 Å². The van der Waals surface area contributed by atoms with Gasteiger partial charge in [0, 0.05) is 19.3 Å². The van der Waals surface area contributed by atoms with Gasteiger partial charge in [0.05, 0.1) is 4.90 Å². The minimum absolute atomic E-state index is 0.483. The molecule has 0 fully saturated rings. The van der Waals surface area contributed by atoms with E-state index in [1.54, 1.807) is 16.9 Å². The fourth-order valence-electron chi connectivity index (χ4n) is 1.60. The summed E-state index contributed by atoms with van der Waals surface area (Å²) in [5, 5.41) is 4.13. The molecule has 0 aliphatic rings. The van der Waals surface area contributed by atoms with Crippen molar-refractivity contribution in [3.8, 4) is 0 Å². The predicted octanol–water partition coefficient (Wildman–Crippen LogP) is 2.68. The number of rotatable bonds is 4. The Bertz CT molecular complexity index is 546. The lowest BCUT2D eigenvalue weighted by Crippen LogP contribution is -2.05. The molecular weight excluding hydrogens is 246 g/mol. The van der Waals surface area contributed by atoms with Crippen LogP contribution in [0.3, 0.4) is 0 Å². The molecule has 1 aromatic carbocycles. The van der Waals surface area contributed by atoms with Gasteiger partial charge < -0.3 is 0 Å². The summed E-state index contributed by atoms with van der Waals surface area (Å²) in [5.74, 6) is 1.10. The van der Waals surface area contributed by atoms with E-state index in [-0.39, 0.29) is 0 Å². The van der Waals surface area contributed by atoms with Crippen molar-refractivity contribution in [1.29, 1.82) is 0 Å². The van der Waals surface area contributed by atoms with Crippen LogP contribution in [0.1, 0.15) is 25.3 Å². The van der Waals surface area contributed by atoms with Crippen LogP contribution in [-0.2, 0) is 18.0 Å². The molecule has 1 aromatic heterocycles. The first-order chi connectivity index (χ1) is 8.56. The average molecular weight is 263 g/mol. The lowest BCUT2D eigenvalue weighted by atomic mass is 10.0. The van der Waals surface area contributed by atoms with Crippen LogP contribution >= 0.6 is 0 Å². The van der Waals surface area contributed by atoms with Gasteiger partial charge in [0.1, 0.15) is 0 Å². The topological polar surface area (TPSA) is 46.9 Å². The molecule has 0 amide bonds. The minimum Gasteiger partial charge on any atom is -0.284 e. The third-order valence-corrected chi connectivity index (χ3v) is 3.77. The highest BCUT2D eigenvalue weighted by Crippen LogP contribution is 2.17. The van der Waals surface area contributed by atoms with E-state index in [4.69, 9.17) is 0 Å². The zero-order valence-corrected chi connectivity index (χ0v) is 11.6. The summed E-state index contributed by atoms with van der Waals surface area (Å²) < 4.78 is 16.6. The van der Waals surface area contributed by atoms with Crippen molar-refractivity contribution in [3.05, 3.63) is 42.1 Å². The Balaban J connectivity index is 2.09. The van der Waals surface area contributed by atoms with E-state index in [0.717, 1.165) is 4.90 Å². The molecule has 2 rings (SSSR count). The van der Waals surface area contributed by atoms with Crippen LogP contribution < -0.4 is 4.72 Å². The standard InChI is InChI=1S/C13H17N3OS/c1-10(2)11-4-6-12(7-5-11)18(17)15-13-8-9-16(3)14-13/h4-10H,1-3H3,(H,14,15). The van der Waals surface area contributed by atoms with Crippen LogP contribution in [0, 0.1) is 0 Å². The molecule has 0 aliphatic heterocycles. The molecule has 0 spiro atoms. The Labute approximate surface area is 110 Å². The highest BCUT2D eigenvalue weighted by atomic mass is 32.2. The number of hydrogen-bond donors (Lipinski definition) is 1. The van der Waals surface area contributed by atoms with Crippen molar-refractivity contribution in [2.45, 2.75) is 24.7 Å². The molecule has 0 aliphatic carbocycles. The van der Waals surface area contributed by atoms with E-state index in [1.165, 1.54) is 5.56 Å². The third-order valence-electron chi connectivity index (χ3n) is 2.67. The molecule has 0 radical (unpaired) electrons. The predicted molar refractivity (Wildman–Crippen MR) is 73.8 cm³/mol. The molecule has 96 valence electrons. The summed E-state index contributed by atoms with van der Waals surface area (Å²) >= 11 is 0. The maximum atomic E-state index is 12.1. The van der Waals surface area contributed by atoms with E-state index < -0.39 is 11.0 Å². The average Bonchev–Trinajstić information content (AvgIpc) is 2.75. The molecular formula is C13H17N3OS. The third kappa shape index (κ3) is 2.98. The van der Waals surface area contributed by atoms with Crippen LogP contribution in [0.4, 0.5) is 5.82 Å². The first kappa shape index (κ1) is 12.8. The van der Waals surface area contributed by atoms with Crippen LogP contribution in [0.15, 0.2) is 41.4 Å². The Morgan fingerprint density at radius 1 is 1.22 bits per heavy atom. The Morgan fingerprint density at radius 3 is 2.39 bits per heavy atom. The van der Waals surface area contributed by atoms with E-state index in [2.05, 4.69) is 23.7 Å². The number of nitrogens with one attached hydrogen (secondary N) is 1. The molecule has 0 saturated carbocycles. The summed E-state index contributed by atoms with van der Waals surface area (Å²) in [6.45, 7) is 4.27. The molecule has 4 nitrogen and oxygen atoms in total. The van der Waals surface area contributed by atoms with Gasteiger partial charge in [0.15, 0.2) is 16.8 Å². The van der Waals surface area contributed by atoms with E-state index >= 15 is 0 Å². The second kappa shape index (κ2) is 5.35. The summed E-state index contributed by atoms with van der Waals surface area (Å²) in [5.41, 5.74) is 1.24. The lowest BCUT2D eigenvalue weighted by Gasteiger charge is -2.07. The van der Waals surface area contributed by atoms with Gasteiger partial charge in [-0.1, -0.05) is 26.0 Å². The Morgan fingerprint density at radius 2 is 1.89 bits per heavy atom. The lowest BCUT2D eigenvalue weighted by molar-refractivity contribution is 0.685. The molecule has 2 aromatic rings. The molecule has 1 N–H and O–H groups in total. The summed E-state index contributed by atoms with van der Waals surface area (Å²) in [6.07, 6.45) is 1.81. The maximum Gasteiger partial charge on any atom is 0.159 e. The van der Waals surface area contributed by atoms with Gasteiger partial charge in [0.25, 0.3) is 0 Å². The number of nitrogens with zero attached hydrogens (tertiary/aromatic N) is 2. The van der Waals surface area contributed by atoms with Crippen LogP contribution in [0.2, 0.25) is 0 Å². The van der Waals surface area contributed by atoms with E-state index in [9.17, 15) is 4.21 Å². The van der Waals surface area contributed by atoms with E-state index in [0.29, 0.717) is 11.7 Å². The first-order valence-electron chi connectivity index (χ1n) is 5.84. The monoisotopic (exact) mass is 263 g/mol. The van der Waals surface area contributed by atoms with Gasteiger partial charge in [-0.05, 0) is 23.6 Å². The van der Waals surface area contributed by atoms with Gasteiger partial charge in [0.2, 0.25) is 0 Å². The molecule has 5 heteroatoms. The summed E-state index contributed by atoms with van der Waals surface area (Å²) in [7, 11) is 0.557. The van der Waals surface area contributed by atoms with Gasteiger partial charge in [-0.3, -0.25) is 9.40 Å². The fourth-order valence-corrected chi connectivity index (χ4v) is 2.40. The first-order valence-corrected chi connectivity index (χ1v) is 6.99. The van der Waals surface area contributed by atoms with Crippen LogP contribution in [0.5, 0.6) is 0 Å². The van der Waals surface area contributed by atoms with Crippen molar-refractivity contribution in [2.75, 3.05) is 4.72 Å². The Hall–Kier alpha value is -1.62. The quantitative estimate of drug-likeness (QED) is 0.922. The smallest absolute Gasteiger partial charge is 0.159 e. The summed E-state index contributed by atoms with van der Waals surface area (Å²) in [6, 6.07) is 9.60. The zero-order chi connectivity index (χ0) is 13.1. The summed E-state index contributed by atoms with van der Waals surface area (Å²) in [4.78, 5) is 0.755. The highest BCUT2D eigenvalue weighted by Gasteiger charge is 2.06. The maximum absolute atomic E-state index is 12.1. The van der Waals surface area contributed by atoms with Crippen molar-refractivity contribution in [1.82, 2.24) is 9.78 Å². The minimum atomic E-state index is -1.27. The SMILES string of the molecule is CC(C)c1ccc(S(=O)Nc2ccn(C)n2)cc1. The fraction of sp³-hybridized carbons (Fsp3) is 0.308. The number of aryl methyl sites for hydroxylation is 1. The molecule has 0 bridgehead atoms. The van der Waals surface area contributed by atoms with Crippen molar-refractivity contribution >= 4 is 16.8 Å². The molecule has 1 unspecified atom stereocenters. The normalized spacial score (nSPS) is 12.7. The van der Waals surface area contributed by atoms with Crippen LogP contribution in [0.25, 0.3) is 0 Å². The number of anilines is 1. The second-order valence-corrected chi connectivity index (χ2v) is 5.68. The Kier molecular flexibility index (Phi) is 3.81. The van der Waals surface area contributed by atoms with Gasteiger partial charge in [-0.25, -0.2) is 4.21 Å². The number of aromatic nitrogens is 2. The van der Waals surface area contributed by atoms with Crippen molar-refractivity contribution in [3.63, 3.8) is 0 Å². The molecule has 1 heterocycles. The number of hydrogen-bond acceptors (Lipinski definition) is 2. The number of benzene rings is 1. The van der Waals surface area contributed by atoms with E-state index in [1.807, 2.05) is 31.3 Å². The molecule has 0 saturated heterocycles. The van der Waals surface area contributed by atoms with Gasteiger partial charge in [-0.15, -0.1) is 0 Å². The largest absolute Gasteiger partial charge is 0.284 e. The second-order valence-electron chi connectivity index (χ2n) is 4.47. The van der Waals surface area contributed by atoms with Gasteiger partial charge >= 0.3 is 0 Å². The van der Waals surface area contributed by atoms with Crippen molar-refractivity contribution in [2.24, 2.45) is 7.05 Å². The van der Waals surface area contributed by atoms with Crippen molar-refractivity contribution < 1.29 is 4.21 Å².